The maximum atomic E-state index is 13.3. The van der Waals surface area contributed by atoms with Crippen LogP contribution in [0.4, 0.5) is 10.8 Å². The molecule has 0 saturated carbocycles. The molecule has 1 N–H and O–H groups in total. The van der Waals surface area contributed by atoms with E-state index in [1.54, 1.807) is 29.0 Å². The Bertz CT molecular complexity index is 1270. The summed E-state index contributed by atoms with van der Waals surface area (Å²) < 4.78 is 6.17. The molecule has 8 nitrogen and oxygen atoms in total. The van der Waals surface area contributed by atoms with Crippen LogP contribution < -0.4 is 15.0 Å². The van der Waals surface area contributed by atoms with Crippen molar-refractivity contribution in [1.82, 2.24) is 9.88 Å². The number of ether oxygens (including phenoxy) is 1. The summed E-state index contributed by atoms with van der Waals surface area (Å²) in [6, 6.07) is 12.8. The number of nitrogens with zero attached hydrogens (tertiary/aromatic N) is 3. The number of carbonyl (C=O) groups excluding carboxylic acids is 3. The summed E-state index contributed by atoms with van der Waals surface area (Å²) in [6.07, 6.45) is 1.70. The normalized spacial score (nSPS) is 19.6. The van der Waals surface area contributed by atoms with Crippen molar-refractivity contribution >= 4 is 50.1 Å². The Morgan fingerprint density at radius 3 is 2.88 bits per heavy atom. The Morgan fingerprint density at radius 1 is 1.24 bits per heavy atom. The number of anilines is 2. The summed E-state index contributed by atoms with van der Waals surface area (Å²) >= 11 is 1.39. The summed E-state index contributed by atoms with van der Waals surface area (Å²) in [4.78, 5) is 46.4. The minimum atomic E-state index is -0.703. The van der Waals surface area contributed by atoms with Gasteiger partial charge in [-0.3, -0.25) is 19.3 Å². The quantitative estimate of drug-likeness (QED) is 0.595. The number of benzene rings is 2. The number of fused-ring (bicyclic) bond motifs is 4. The van der Waals surface area contributed by atoms with Crippen molar-refractivity contribution in [2.45, 2.75) is 38.3 Å². The lowest BCUT2D eigenvalue weighted by atomic mass is 9.98. The van der Waals surface area contributed by atoms with Gasteiger partial charge in [0.2, 0.25) is 11.8 Å². The molecule has 3 heterocycles. The average Bonchev–Trinajstić information content (AvgIpc) is 3.35. The highest BCUT2D eigenvalue weighted by Gasteiger charge is 2.52. The SMILES string of the molecule is COc1ccc2nc(NC(=O)CCCN3C(=O)c4ccccc4N4C(=O)CCC34C)sc2c1. The van der Waals surface area contributed by atoms with Gasteiger partial charge in [-0.05, 0) is 50.1 Å². The Kier molecular flexibility index (Phi) is 5.28. The number of rotatable bonds is 6. The highest BCUT2D eigenvalue weighted by atomic mass is 32.1. The fourth-order valence-corrected chi connectivity index (χ4v) is 5.62. The van der Waals surface area contributed by atoms with Crippen molar-refractivity contribution in [2.24, 2.45) is 0 Å². The Hall–Kier alpha value is -3.46. The molecule has 0 radical (unpaired) electrons. The maximum absolute atomic E-state index is 13.3. The molecule has 33 heavy (non-hydrogen) atoms. The number of para-hydroxylation sites is 1. The van der Waals surface area contributed by atoms with E-state index in [1.165, 1.54) is 11.3 Å². The first-order chi connectivity index (χ1) is 15.9. The Balaban J connectivity index is 1.26. The molecule has 0 spiro atoms. The number of hydrogen-bond acceptors (Lipinski definition) is 6. The summed E-state index contributed by atoms with van der Waals surface area (Å²) in [6.45, 7) is 2.32. The minimum Gasteiger partial charge on any atom is -0.497 e. The summed E-state index contributed by atoms with van der Waals surface area (Å²) in [5.41, 5.74) is 1.30. The van der Waals surface area contributed by atoms with Crippen LogP contribution in [0.25, 0.3) is 10.2 Å². The molecule has 0 aliphatic carbocycles. The molecule has 3 aromatic rings. The lowest BCUT2D eigenvalue weighted by Crippen LogP contribution is -2.62. The van der Waals surface area contributed by atoms with Gasteiger partial charge < -0.3 is 15.0 Å². The third-order valence-corrected chi connectivity index (χ3v) is 7.31. The molecule has 2 aliphatic heterocycles. The molecule has 170 valence electrons. The van der Waals surface area contributed by atoms with Gasteiger partial charge in [-0.2, -0.15) is 0 Å². The third-order valence-electron chi connectivity index (χ3n) is 6.37. The van der Waals surface area contributed by atoms with Gasteiger partial charge in [-0.15, -0.1) is 0 Å². The molecule has 1 unspecified atom stereocenters. The lowest BCUT2D eigenvalue weighted by Gasteiger charge is -2.48. The maximum Gasteiger partial charge on any atom is 0.257 e. The number of thiazole rings is 1. The van der Waals surface area contributed by atoms with E-state index < -0.39 is 5.66 Å². The van der Waals surface area contributed by atoms with Crippen LogP contribution in [0, 0.1) is 0 Å². The second-order valence-electron chi connectivity index (χ2n) is 8.42. The molecule has 5 rings (SSSR count). The highest BCUT2D eigenvalue weighted by Crippen LogP contribution is 2.44. The average molecular weight is 465 g/mol. The molecule has 1 fully saturated rings. The molecule has 3 amide bonds. The van der Waals surface area contributed by atoms with Crippen LogP contribution in [0.2, 0.25) is 0 Å². The van der Waals surface area contributed by atoms with Gasteiger partial charge in [0.1, 0.15) is 11.4 Å². The van der Waals surface area contributed by atoms with E-state index in [0.29, 0.717) is 42.2 Å². The monoisotopic (exact) mass is 464 g/mol. The van der Waals surface area contributed by atoms with Gasteiger partial charge in [0.15, 0.2) is 5.13 Å². The van der Waals surface area contributed by atoms with E-state index in [-0.39, 0.29) is 24.1 Å². The van der Waals surface area contributed by atoms with Gasteiger partial charge in [-0.1, -0.05) is 23.5 Å². The fraction of sp³-hybridized carbons (Fsp3) is 0.333. The van der Waals surface area contributed by atoms with E-state index in [0.717, 1.165) is 16.0 Å². The zero-order valence-corrected chi connectivity index (χ0v) is 19.3. The Labute approximate surface area is 195 Å². The van der Waals surface area contributed by atoms with Gasteiger partial charge in [0, 0.05) is 19.4 Å². The van der Waals surface area contributed by atoms with Crippen LogP contribution in [0.15, 0.2) is 42.5 Å². The zero-order valence-electron chi connectivity index (χ0n) is 18.5. The van der Waals surface area contributed by atoms with Crippen molar-refractivity contribution < 1.29 is 19.1 Å². The molecule has 1 atom stereocenters. The van der Waals surface area contributed by atoms with Gasteiger partial charge in [-0.25, -0.2) is 4.98 Å². The topological polar surface area (TPSA) is 91.8 Å². The molecular formula is C24H24N4O4S. The number of nitrogens with one attached hydrogen (secondary N) is 1. The number of hydrogen-bond donors (Lipinski definition) is 1. The van der Waals surface area contributed by atoms with Crippen LogP contribution in [0.3, 0.4) is 0 Å². The second kappa shape index (κ2) is 8.15. The highest BCUT2D eigenvalue weighted by molar-refractivity contribution is 7.22. The number of carbonyl (C=O) groups is 3. The molecule has 9 heteroatoms. The van der Waals surface area contributed by atoms with E-state index >= 15 is 0 Å². The van der Waals surface area contributed by atoms with E-state index in [9.17, 15) is 14.4 Å². The number of amides is 3. The molecule has 1 saturated heterocycles. The summed E-state index contributed by atoms with van der Waals surface area (Å²) in [5.74, 6) is 0.507. The predicted molar refractivity (Wildman–Crippen MR) is 127 cm³/mol. The van der Waals surface area contributed by atoms with E-state index in [2.05, 4.69) is 10.3 Å². The molecular weight excluding hydrogens is 440 g/mol. The van der Waals surface area contributed by atoms with Crippen molar-refractivity contribution in [2.75, 3.05) is 23.9 Å². The van der Waals surface area contributed by atoms with Crippen LogP contribution >= 0.6 is 11.3 Å². The van der Waals surface area contributed by atoms with Crippen molar-refractivity contribution in [1.29, 1.82) is 0 Å². The molecule has 0 bridgehead atoms. The van der Waals surface area contributed by atoms with Crippen LogP contribution in [-0.4, -0.2) is 46.9 Å². The number of methoxy groups -OCH3 is 1. The van der Waals surface area contributed by atoms with Gasteiger partial charge in [0.25, 0.3) is 5.91 Å². The van der Waals surface area contributed by atoms with E-state index in [4.69, 9.17) is 4.74 Å². The van der Waals surface area contributed by atoms with Crippen molar-refractivity contribution in [3.63, 3.8) is 0 Å². The van der Waals surface area contributed by atoms with Crippen molar-refractivity contribution in [3.05, 3.63) is 48.0 Å². The molecule has 2 aliphatic rings. The fourth-order valence-electron chi connectivity index (χ4n) is 4.71. The lowest BCUT2D eigenvalue weighted by molar-refractivity contribution is -0.118. The van der Waals surface area contributed by atoms with Gasteiger partial charge >= 0.3 is 0 Å². The van der Waals surface area contributed by atoms with Crippen LogP contribution in [-0.2, 0) is 9.59 Å². The Morgan fingerprint density at radius 2 is 2.06 bits per heavy atom. The summed E-state index contributed by atoms with van der Waals surface area (Å²) in [5, 5.41) is 3.39. The van der Waals surface area contributed by atoms with Gasteiger partial charge in [0.05, 0.1) is 28.6 Å². The molecule has 2 aromatic carbocycles. The largest absolute Gasteiger partial charge is 0.497 e. The van der Waals surface area contributed by atoms with Crippen LogP contribution in [0.5, 0.6) is 5.75 Å². The first kappa shape index (κ1) is 21.4. The zero-order chi connectivity index (χ0) is 23.2. The number of aromatic nitrogens is 1. The predicted octanol–water partition coefficient (Wildman–Crippen LogP) is 4.02. The first-order valence-corrected chi connectivity index (χ1v) is 11.7. The van der Waals surface area contributed by atoms with Crippen molar-refractivity contribution in [3.8, 4) is 5.75 Å². The van der Waals surface area contributed by atoms with E-state index in [1.807, 2.05) is 37.3 Å². The summed E-state index contributed by atoms with van der Waals surface area (Å²) in [7, 11) is 1.61. The third kappa shape index (κ3) is 3.62. The first-order valence-electron chi connectivity index (χ1n) is 10.9. The van der Waals surface area contributed by atoms with Crippen LogP contribution in [0.1, 0.15) is 43.0 Å². The smallest absolute Gasteiger partial charge is 0.257 e. The minimum absolute atomic E-state index is 0.0210. The standard InChI is InChI=1S/C24H24N4O4S/c1-24-12-11-21(30)28(24)18-7-4-3-6-16(18)22(31)27(24)13-5-8-20(29)26-23-25-17-10-9-15(32-2)14-19(17)33-23/h3-4,6-7,9-10,14H,5,8,11-13H2,1-2H3,(H,25,26,29). The molecule has 1 aromatic heterocycles. The second-order valence-corrected chi connectivity index (χ2v) is 9.46.